The van der Waals surface area contributed by atoms with Crippen LogP contribution in [0.15, 0.2) is 42.6 Å². The number of nitrogen functional groups attached to an aromatic ring is 1. The lowest BCUT2D eigenvalue weighted by Gasteiger charge is -2.05. The Hall–Kier alpha value is -2.60. The van der Waals surface area contributed by atoms with Crippen molar-refractivity contribution in [3.05, 3.63) is 47.5 Å². The zero-order chi connectivity index (χ0) is 14.8. The first-order valence-electron chi connectivity index (χ1n) is 6.27. The molecule has 0 spiro atoms. The predicted octanol–water partition coefficient (Wildman–Crippen LogP) is 3.14. The maximum Gasteiger partial charge on any atom is 0.265 e. The van der Waals surface area contributed by atoms with Crippen LogP contribution < -0.4 is 15.8 Å². The van der Waals surface area contributed by atoms with Gasteiger partial charge in [-0.1, -0.05) is 12.1 Å². The number of amides is 1. The van der Waals surface area contributed by atoms with E-state index >= 15 is 0 Å². The zero-order valence-electron chi connectivity index (χ0n) is 11.3. The van der Waals surface area contributed by atoms with Gasteiger partial charge in [-0.15, -0.1) is 11.3 Å². The topological polar surface area (TPSA) is 77.2 Å². The zero-order valence-corrected chi connectivity index (χ0v) is 12.1. The van der Waals surface area contributed by atoms with Gasteiger partial charge in [0.2, 0.25) is 0 Å². The average molecular weight is 299 g/mol. The van der Waals surface area contributed by atoms with Gasteiger partial charge < -0.3 is 15.8 Å². The molecule has 0 unspecified atom stereocenters. The van der Waals surface area contributed by atoms with Crippen molar-refractivity contribution in [3.8, 4) is 5.75 Å². The first-order valence-corrected chi connectivity index (χ1v) is 7.09. The molecular weight excluding hydrogens is 286 g/mol. The van der Waals surface area contributed by atoms with E-state index in [1.54, 1.807) is 25.4 Å². The summed E-state index contributed by atoms with van der Waals surface area (Å²) in [6.45, 7) is 0. The number of carbonyl (C=O) groups is 1. The van der Waals surface area contributed by atoms with E-state index in [9.17, 15) is 4.79 Å². The quantitative estimate of drug-likeness (QED) is 0.779. The molecule has 3 rings (SSSR count). The number of fused-ring (bicyclic) bond motifs is 1. The first-order chi connectivity index (χ1) is 10.2. The molecule has 6 heteroatoms. The van der Waals surface area contributed by atoms with Crippen molar-refractivity contribution in [3.63, 3.8) is 0 Å². The number of hydrogen-bond donors (Lipinski definition) is 2. The summed E-state index contributed by atoms with van der Waals surface area (Å²) in [5.74, 6) is 0.847. The fraction of sp³-hybridized carbons (Fsp3) is 0.0667. The van der Waals surface area contributed by atoms with Gasteiger partial charge in [-0.2, -0.15) is 0 Å². The van der Waals surface area contributed by atoms with Crippen LogP contribution in [0, 0.1) is 0 Å². The molecule has 5 nitrogen and oxygen atoms in total. The number of anilines is 2. The molecule has 0 atom stereocenters. The first kappa shape index (κ1) is 13.4. The molecule has 21 heavy (non-hydrogen) atoms. The van der Waals surface area contributed by atoms with Crippen molar-refractivity contribution in [2.45, 2.75) is 0 Å². The number of aromatic nitrogens is 1. The van der Waals surface area contributed by atoms with Gasteiger partial charge in [-0.25, -0.2) is 4.98 Å². The Labute approximate surface area is 125 Å². The van der Waals surface area contributed by atoms with E-state index in [2.05, 4.69) is 10.3 Å². The summed E-state index contributed by atoms with van der Waals surface area (Å²) in [5, 5.41) is 3.74. The number of carbonyl (C=O) groups excluding carboxylic acids is 1. The van der Waals surface area contributed by atoms with Crippen molar-refractivity contribution >= 4 is 38.8 Å². The number of rotatable bonds is 3. The van der Waals surface area contributed by atoms with Gasteiger partial charge in [0.25, 0.3) is 5.91 Å². The van der Waals surface area contributed by atoms with Crippen LogP contribution in [0.3, 0.4) is 0 Å². The predicted molar refractivity (Wildman–Crippen MR) is 85.0 cm³/mol. The normalized spacial score (nSPS) is 10.5. The van der Waals surface area contributed by atoms with Gasteiger partial charge in [0.05, 0.1) is 22.4 Å². The van der Waals surface area contributed by atoms with E-state index in [0.29, 0.717) is 16.4 Å². The minimum atomic E-state index is -0.210. The lowest BCUT2D eigenvalue weighted by atomic mass is 10.2. The van der Waals surface area contributed by atoms with Crippen LogP contribution in [0.25, 0.3) is 10.1 Å². The van der Waals surface area contributed by atoms with Gasteiger partial charge >= 0.3 is 0 Å². The number of methoxy groups -OCH3 is 1. The van der Waals surface area contributed by atoms with Crippen molar-refractivity contribution in [1.82, 2.24) is 4.98 Å². The summed E-state index contributed by atoms with van der Waals surface area (Å²) in [6.07, 6.45) is 1.58. The van der Waals surface area contributed by atoms with Crippen molar-refractivity contribution in [2.75, 3.05) is 18.2 Å². The fourth-order valence-corrected chi connectivity index (χ4v) is 3.06. The highest BCUT2D eigenvalue weighted by Gasteiger charge is 2.14. The van der Waals surface area contributed by atoms with Crippen LogP contribution in [0.4, 0.5) is 11.5 Å². The number of nitrogens with zero attached hydrogens (tertiary/aromatic N) is 1. The van der Waals surface area contributed by atoms with E-state index in [-0.39, 0.29) is 5.91 Å². The molecule has 0 fully saturated rings. The van der Waals surface area contributed by atoms with Gasteiger partial charge in [-0.05, 0) is 29.7 Å². The Morgan fingerprint density at radius 1 is 1.33 bits per heavy atom. The second kappa shape index (κ2) is 5.41. The summed E-state index contributed by atoms with van der Waals surface area (Å²) < 4.78 is 6.26. The van der Waals surface area contributed by atoms with Crippen LogP contribution >= 0.6 is 11.3 Å². The summed E-state index contributed by atoms with van der Waals surface area (Å²) in [4.78, 5) is 16.8. The smallest absolute Gasteiger partial charge is 0.265 e. The van der Waals surface area contributed by atoms with Crippen LogP contribution in [0.1, 0.15) is 9.67 Å². The number of nitrogens with two attached hydrogens (primary N) is 1. The molecule has 0 aliphatic rings. The van der Waals surface area contributed by atoms with Gasteiger partial charge in [0, 0.05) is 6.20 Å². The second-order valence-corrected chi connectivity index (χ2v) is 5.43. The minimum Gasteiger partial charge on any atom is -0.495 e. The minimum absolute atomic E-state index is 0.210. The van der Waals surface area contributed by atoms with Crippen LogP contribution in [-0.2, 0) is 0 Å². The van der Waals surface area contributed by atoms with Gasteiger partial charge in [0.1, 0.15) is 11.6 Å². The largest absolute Gasteiger partial charge is 0.495 e. The summed E-state index contributed by atoms with van der Waals surface area (Å²) in [7, 11) is 1.62. The summed E-state index contributed by atoms with van der Waals surface area (Å²) in [6, 6.07) is 11.0. The van der Waals surface area contributed by atoms with Crippen LogP contribution in [0.2, 0.25) is 0 Å². The number of ether oxygens (including phenoxy) is 1. The van der Waals surface area contributed by atoms with E-state index in [1.165, 1.54) is 11.3 Å². The summed E-state index contributed by atoms with van der Waals surface area (Å²) in [5.41, 5.74) is 6.23. The highest BCUT2D eigenvalue weighted by atomic mass is 32.1. The fourth-order valence-electron chi connectivity index (χ4n) is 2.02. The van der Waals surface area contributed by atoms with E-state index in [0.717, 1.165) is 15.8 Å². The number of benzene rings is 1. The number of thiophene rings is 1. The lowest BCUT2D eigenvalue weighted by molar-refractivity contribution is 0.103. The molecule has 0 bridgehead atoms. The number of pyridine rings is 1. The SMILES string of the molecule is COc1cccc2cc(C(=O)Nc3cccnc3N)sc12. The molecule has 0 radical (unpaired) electrons. The molecule has 3 N–H and O–H groups in total. The number of nitrogens with one attached hydrogen (secondary N) is 1. The Morgan fingerprint density at radius 2 is 2.19 bits per heavy atom. The number of hydrogen-bond acceptors (Lipinski definition) is 5. The molecule has 1 amide bonds. The standard InChI is InChI=1S/C15H13N3O2S/c1-20-11-6-2-4-9-8-12(21-13(9)11)15(19)18-10-5-3-7-17-14(10)16/h2-8H,1H3,(H2,16,17)(H,18,19). The molecular formula is C15H13N3O2S. The highest BCUT2D eigenvalue weighted by Crippen LogP contribution is 2.33. The van der Waals surface area contributed by atoms with Crippen LogP contribution in [0.5, 0.6) is 5.75 Å². The molecule has 2 heterocycles. The van der Waals surface area contributed by atoms with Crippen molar-refractivity contribution < 1.29 is 9.53 Å². The highest BCUT2D eigenvalue weighted by molar-refractivity contribution is 7.21. The van der Waals surface area contributed by atoms with E-state index < -0.39 is 0 Å². The van der Waals surface area contributed by atoms with Crippen LogP contribution in [-0.4, -0.2) is 18.0 Å². The third-order valence-corrected chi connectivity index (χ3v) is 4.20. The maximum absolute atomic E-state index is 12.3. The Kier molecular flexibility index (Phi) is 3.45. The Morgan fingerprint density at radius 3 is 2.95 bits per heavy atom. The molecule has 1 aromatic carbocycles. The monoisotopic (exact) mass is 299 g/mol. The van der Waals surface area contributed by atoms with Crippen molar-refractivity contribution in [1.29, 1.82) is 0 Å². The molecule has 2 aromatic heterocycles. The third kappa shape index (κ3) is 2.53. The maximum atomic E-state index is 12.3. The Bertz CT molecular complexity index is 814. The third-order valence-electron chi connectivity index (χ3n) is 3.04. The molecule has 0 aliphatic heterocycles. The Balaban J connectivity index is 1.93. The lowest BCUT2D eigenvalue weighted by Crippen LogP contribution is -2.12. The molecule has 0 saturated carbocycles. The molecule has 0 aliphatic carbocycles. The van der Waals surface area contributed by atoms with Gasteiger partial charge in [0.15, 0.2) is 0 Å². The summed E-state index contributed by atoms with van der Waals surface area (Å²) >= 11 is 1.38. The molecule has 0 saturated heterocycles. The molecule has 3 aromatic rings. The van der Waals surface area contributed by atoms with Gasteiger partial charge in [-0.3, -0.25) is 4.79 Å². The average Bonchev–Trinajstić information content (AvgIpc) is 2.93. The second-order valence-electron chi connectivity index (χ2n) is 4.38. The molecule has 106 valence electrons. The van der Waals surface area contributed by atoms with E-state index in [1.807, 2.05) is 24.3 Å². The van der Waals surface area contributed by atoms with Crippen molar-refractivity contribution in [2.24, 2.45) is 0 Å². The van der Waals surface area contributed by atoms with E-state index in [4.69, 9.17) is 10.5 Å².